The smallest absolute Gasteiger partial charge is 0.211 e. The lowest BCUT2D eigenvalue weighted by Crippen LogP contribution is -2.11. The minimum Gasteiger partial charge on any atom is -0.327 e. The lowest BCUT2D eigenvalue weighted by atomic mass is 10.3. The van der Waals surface area contributed by atoms with Gasteiger partial charge in [0, 0.05) is 11.8 Å². The zero-order valence-electron chi connectivity index (χ0n) is 11.5. The maximum absolute atomic E-state index is 5.68. The SMILES string of the molecule is CCOP(=S)(NC=NC(C)CC)SCC(C)C. The second-order valence-electron chi connectivity index (χ2n) is 4.27. The summed E-state index contributed by atoms with van der Waals surface area (Å²) in [5.41, 5.74) is -1.99. The summed E-state index contributed by atoms with van der Waals surface area (Å²) in [7, 11) is 0. The fourth-order valence-electron chi connectivity index (χ4n) is 0.866. The maximum Gasteiger partial charge on any atom is 0.211 e. The summed E-state index contributed by atoms with van der Waals surface area (Å²) >= 11 is 7.27. The molecule has 102 valence electrons. The molecule has 0 rings (SSSR count). The van der Waals surface area contributed by atoms with Gasteiger partial charge >= 0.3 is 0 Å². The van der Waals surface area contributed by atoms with Gasteiger partial charge in [0.2, 0.25) is 5.62 Å². The highest BCUT2D eigenvalue weighted by molar-refractivity contribution is 8.68. The van der Waals surface area contributed by atoms with Crippen molar-refractivity contribution < 1.29 is 4.52 Å². The molecule has 0 radical (unpaired) electrons. The molecule has 3 nitrogen and oxygen atoms in total. The highest BCUT2D eigenvalue weighted by Gasteiger charge is 2.17. The third-order valence-electron chi connectivity index (χ3n) is 2.01. The van der Waals surface area contributed by atoms with E-state index in [0.717, 1.165) is 12.2 Å². The summed E-state index contributed by atoms with van der Waals surface area (Å²) in [4.78, 5) is 4.37. The molecule has 0 aliphatic heterocycles. The quantitative estimate of drug-likeness (QED) is 0.395. The van der Waals surface area contributed by atoms with Gasteiger partial charge in [-0.15, -0.1) is 0 Å². The Balaban J connectivity index is 4.30. The Labute approximate surface area is 115 Å². The average molecular weight is 296 g/mol. The van der Waals surface area contributed by atoms with E-state index in [2.05, 4.69) is 37.8 Å². The Hall–Kier alpha value is 0.430. The van der Waals surface area contributed by atoms with Gasteiger partial charge in [-0.05, 0) is 38.0 Å². The minimum absolute atomic E-state index is 0.336. The summed E-state index contributed by atoms with van der Waals surface area (Å²) in [5.74, 6) is 1.64. The van der Waals surface area contributed by atoms with E-state index in [1.807, 2.05) is 6.92 Å². The maximum atomic E-state index is 5.68. The topological polar surface area (TPSA) is 33.6 Å². The molecule has 6 heteroatoms. The number of aliphatic imine (C=N–C) groups is 1. The van der Waals surface area contributed by atoms with Gasteiger partial charge in [-0.1, -0.05) is 32.2 Å². The van der Waals surface area contributed by atoms with Gasteiger partial charge in [-0.2, -0.15) is 0 Å². The van der Waals surface area contributed by atoms with E-state index in [4.69, 9.17) is 16.3 Å². The largest absolute Gasteiger partial charge is 0.327 e. The molecule has 0 fully saturated rings. The second-order valence-corrected chi connectivity index (χ2v) is 10.9. The van der Waals surface area contributed by atoms with Crippen molar-refractivity contribution in [3.05, 3.63) is 0 Å². The van der Waals surface area contributed by atoms with Crippen LogP contribution in [0.2, 0.25) is 0 Å². The molecule has 0 aromatic heterocycles. The third kappa shape index (κ3) is 9.06. The second kappa shape index (κ2) is 9.37. The predicted octanol–water partition coefficient (Wildman–Crippen LogP) is 4.05. The molecule has 0 aromatic carbocycles. The van der Waals surface area contributed by atoms with Crippen molar-refractivity contribution in [1.29, 1.82) is 0 Å². The lowest BCUT2D eigenvalue weighted by Gasteiger charge is -2.21. The van der Waals surface area contributed by atoms with Gasteiger partial charge in [0.1, 0.15) is 0 Å². The van der Waals surface area contributed by atoms with Crippen LogP contribution < -0.4 is 5.09 Å². The summed E-state index contributed by atoms with van der Waals surface area (Å²) in [6.45, 7) is 11.2. The van der Waals surface area contributed by atoms with Crippen LogP contribution in [0.25, 0.3) is 0 Å². The van der Waals surface area contributed by atoms with E-state index in [-0.39, 0.29) is 0 Å². The average Bonchev–Trinajstić information content (AvgIpc) is 2.26. The van der Waals surface area contributed by atoms with Crippen molar-refractivity contribution in [3.8, 4) is 0 Å². The van der Waals surface area contributed by atoms with Crippen LogP contribution in [0.3, 0.4) is 0 Å². The molecule has 0 saturated heterocycles. The van der Waals surface area contributed by atoms with Gasteiger partial charge in [0.15, 0.2) is 0 Å². The first-order valence-electron chi connectivity index (χ1n) is 6.12. The van der Waals surface area contributed by atoms with Crippen LogP contribution in [0.5, 0.6) is 0 Å². The molecule has 0 bridgehead atoms. The molecular weight excluding hydrogens is 271 g/mol. The van der Waals surface area contributed by atoms with Crippen LogP contribution in [-0.4, -0.2) is 24.7 Å². The number of nitrogens with one attached hydrogen (secondary N) is 1. The number of hydrogen-bond acceptors (Lipinski definition) is 4. The normalized spacial score (nSPS) is 17.3. The molecule has 2 unspecified atom stereocenters. The van der Waals surface area contributed by atoms with Gasteiger partial charge < -0.3 is 9.61 Å². The first kappa shape index (κ1) is 17.4. The van der Waals surface area contributed by atoms with Crippen molar-refractivity contribution in [3.63, 3.8) is 0 Å². The van der Waals surface area contributed by atoms with Crippen molar-refractivity contribution in [2.45, 2.75) is 47.1 Å². The van der Waals surface area contributed by atoms with Crippen LogP contribution in [0.4, 0.5) is 0 Å². The molecule has 1 N–H and O–H groups in total. The van der Waals surface area contributed by atoms with Crippen molar-refractivity contribution in [2.24, 2.45) is 10.9 Å². The first-order valence-corrected chi connectivity index (χ1v) is 10.4. The Morgan fingerprint density at radius 2 is 2.06 bits per heavy atom. The van der Waals surface area contributed by atoms with E-state index in [1.54, 1.807) is 17.7 Å². The summed E-state index contributed by atoms with van der Waals surface area (Å²) in [6.07, 6.45) is 2.77. The number of rotatable bonds is 9. The molecule has 0 heterocycles. The molecular formula is C11H25N2OPS2. The Bertz CT molecular complexity index is 272. The Kier molecular flexibility index (Phi) is 9.61. The highest BCUT2D eigenvalue weighted by atomic mass is 32.9. The van der Waals surface area contributed by atoms with Gasteiger partial charge in [-0.25, -0.2) is 0 Å². The molecule has 0 saturated carbocycles. The van der Waals surface area contributed by atoms with E-state index in [1.165, 1.54) is 0 Å². The van der Waals surface area contributed by atoms with E-state index >= 15 is 0 Å². The van der Waals surface area contributed by atoms with Crippen LogP contribution >= 0.6 is 17.0 Å². The molecule has 0 amide bonds. The molecule has 2 atom stereocenters. The molecule has 0 spiro atoms. The van der Waals surface area contributed by atoms with E-state index in [0.29, 0.717) is 18.6 Å². The third-order valence-corrected chi connectivity index (χ3v) is 7.88. The molecule has 0 aliphatic rings. The summed E-state index contributed by atoms with van der Waals surface area (Å²) in [5, 5.41) is 3.19. The molecule has 0 aliphatic carbocycles. The molecule has 0 aromatic rings. The molecule has 17 heavy (non-hydrogen) atoms. The summed E-state index contributed by atoms with van der Waals surface area (Å²) < 4.78 is 5.68. The van der Waals surface area contributed by atoms with Gasteiger partial charge in [0.05, 0.1) is 12.9 Å². The summed E-state index contributed by atoms with van der Waals surface area (Å²) in [6, 6.07) is 0.336. The van der Waals surface area contributed by atoms with Crippen molar-refractivity contribution in [2.75, 3.05) is 12.4 Å². The van der Waals surface area contributed by atoms with E-state index < -0.39 is 5.62 Å². The standard InChI is InChI=1S/C11H25N2OPS2/c1-6-11(5)12-9-13-15(16,14-7-2)17-8-10(3)4/h9-11H,6-8H2,1-5H3,(H,12,13,16). The highest BCUT2D eigenvalue weighted by Crippen LogP contribution is 2.56. The Morgan fingerprint density at radius 3 is 2.53 bits per heavy atom. The van der Waals surface area contributed by atoms with Crippen LogP contribution in [-0.2, 0) is 16.3 Å². The zero-order valence-corrected chi connectivity index (χ0v) is 14.0. The number of hydrogen-bond donors (Lipinski definition) is 1. The first-order chi connectivity index (χ1) is 7.93. The minimum atomic E-state index is -1.99. The zero-order chi connectivity index (χ0) is 13.3. The van der Waals surface area contributed by atoms with E-state index in [9.17, 15) is 0 Å². The Morgan fingerprint density at radius 1 is 1.41 bits per heavy atom. The number of nitrogens with zero attached hydrogens (tertiary/aromatic N) is 1. The van der Waals surface area contributed by atoms with Crippen molar-refractivity contribution >= 4 is 35.1 Å². The fourth-order valence-corrected chi connectivity index (χ4v) is 5.53. The fraction of sp³-hybridized carbons (Fsp3) is 0.909. The monoisotopic (exact) mass is 296 g/mol. The predicted molar refractivity (Wildman–Crippen MR) is 84.6 cm³/mol. The van der Waals surface area contributed by atoms with Crippen molar-refractivity contribution in [1.82, 2.24) is 5.09 Å². The van der Waals surface area contributed by atoms with Gasteiger partial charge in [0.25, 0.3) is 0 Å². The van der Waals surface area contributed by atoms with Crippen LogP contribution in [0.15, 0.2) is 4.99 Å². The van der Waals surface area contributed by atoms with Crippen LogP contribution in [0, 0.1) is 5.92 Å². The van der Waals surface area contributed by atoms with Gasteiger partial charge in [-0.3, -0.25) is 4.99 Å². The lowest BCUT2D eigenvalue weighted by molar-refractivity contribution is 0.383. The van der Waals surface area contributed by atoms with Crippen LogP contribution in [0.1, 0.15) is 41.0 Å².